The molecule has 16 heavy (non-hydrogen) atoms. The molecule has 0 aliphatic carbocycles. The average molecular weight is 226 g/mol. The lowest BCUT2D eigenvalue weighted by Gasteiger charge is -2.20. The third kappa shape index (κ3) is 4.04. The highest BCUT2D eigenvalue weighted by Gasteiger charge is 2.12. The number of aliphatic hydroxyl groups is 1. The van der Waals surface area contributed by atoms with E-state index >= 15 is 0 Å². The molecule has 0 aliphatic rings. The molecule has 5 heteroatoms. The van der Waals surface area contributed by atoms with Crippen molar-refractivity contribution in [1.82, 2.24) is 9.80 Å². The van der Waals surface area contributed by atoms with E-state index < -0.39 is 0 Å². The van der Waals surface area contributed by atoms with Crippen LogP contribution in [0.15, 0.2) is 22.8 Å². The summed E-state index contributed by atoms with van der Waals surface area (Å²) in [7, 11) is 3.53. The molecule has 0 spiro atoms. The third-order valence-electron chi connectivity index (χ3n) is 2.29. The van der Waals surface area contributed by atoms with Crippen LogP contribution in [0.4, 0.5) is 0 Å². The third-order valence-corrected chi connectivity index (χ3v) is 2.29. The smallest absolute Gasteiger partial charge is 0.236 e. The van der Waals surface area contributed by atoms with Gasteiger partial charge in [0.2, 0.25) is 5.91 Å². The standard InChI is InChI=1S/C11H18N2O3/c1-12(5-6-14)9-11(15)13(2)8-10-4-3-7-16-10/h3-4,7,14H,5-6,8-9H2,1-2H3. The quantitative estimate of drug-likeness (QED) is 0.751. The fraction of sp³-hybridized carbons (Fsp3) is 0.545. The average Bonchev–Trinajstić information content (AvgIpc) is 2.70. The van der Waals surface area contributed by atoms with Gasteiger partial charge in [0.05, 0.1) is 26.0 Å². The summed E-state index contributed by atoms with van der Waals surface area (Å²) in [6.45, 7) is 1.34. The molecule has 0 unspecified atom stereocenters. The number of furan rings is 1. The first-order chi connectivity index (χ1) is 7.63. The van der Waals surface area contributed by atoms with Gasteiger partial charge < -0.3 is 14.4 Å². The van der Waals surface area contributed by atoms with Crippen molar-refractivity contribution in [3.8, 4) is 0 Å². The largest absolute Gasteiger partial charge is 0.467 e. The predicted octanol–water partition coefficient (Wildman–Crippen LogP) is 0.162. The summed E-state index contributed by atoms with van der Waals surface area (Å²) in [6.07, 6.45) is 1.59. The molecule has 1 amide bonds. The Kier molecular flexibility index (Phi) is 5.01. The molecule has 1 N–H and O–H groups in total. The molecule has 0 saturated carbocycles. The highest BCUT2D eigenvalue weighted by Crippen LogP contribution is 2.04. The highest BCUT2D eigenvalue weighted by molar-refractivity contribution is 5.77. The number of hydrogen-bond donors (Lipinski definition) is 1. The van der Waals surface area contributed by atoms with E-state index in [0.29, 0.717) is 19.6 Å². The Balaban J connectivity index is 2.36. The zero-order valence-corrected chi connectivity index (χ0v) is 9.72. The second-order valence-electron chi connectivity index (χ2n) is 3.79. The Labute approximate surface area is 95.3 Å². The summed E-state index contributed by atoms with van der Waals surface area (Å²) in [5.41, 5.74) is 0. The summed E-state index contributed by atoms with van der Waals surface area (Å²) in [5, 5.41) is 8.71. The molecular formula is C11H18N2O3. The van der Waals surface area contributed by atoms with Gasteiger partial charge >= 0.3 is 0 Å². The van der Waals surface area contributed by atoms with Crippen LogP contribution in [0.1, 0.15) is 5.76 Å². The van der Waals surface area contributed by atoms with Crippen molar-refractivity contribution in [2.24, 2.45) is 0 Å². The van der Waals surface area contributed by atoms with E-state index in [2.05, 4.69) is 0 Å². The van der Waals surface area contributed by atoms with Crippen molar-refractivity contribution in [3.05, 3.63) is 24.2 Å². The molecule has 90 valence electrons. The molecule has 0 fully saturated rings. The number of carbonyl (C=O) groups is 1. The van der Waals surface area contributed by atoms with E-state index in [1.807, 2.05) is 6.07 Å². The Bertz CT molecular complexity index is 311. The van der Waals surface area contributed by atoms with Crippen molar-refractivity contribution in [1.29, 1.82) is 0 Å². The Hall–Kier alpha value is -1.33. The van der Waals surface area contributed by atoms with Gasteiger partial charge in [0.25, 0.3) is 0 Å². The lowest BCUT2D eigenvalue weighted by atomic mass is 10.4. The van der Waals surface area contributed by atoms with Crippen LogP contribution in [-0.4, -0.2) is 54.6 Å². The topological polar surface area (TPSA) is 56.9 Å². The maximum absolute atomic E-state index is 11.7. The summed E-state index contributed by atoms with van der Waals surface area (Å²) in [5.74, 6) is 0.771. The van der Waals surface area contributed by atoms with Crippen LogP contribution in [-0.2, 0) is 11.3 Å². The van der Waals surface area contributed by atoms with Crippen LogP contribution in [0.25, 0.3) is 0 Å². The molecule has 0 atom stereocenters. The molecule has 1 rings (SSSR count). The Morgan fingerprint density at radius 1 is 1.50 bits per heavy atom. The molecule has 0 saturated heterocycles. The number of rotatable bonds is 6. The zero-order chi connectivity index (χ0) is 12.0. The van der Waals surface area contributed by atoms with Crippen molar-refractivity contribution in [2.75, 3.05) is 33.8 Å². The van der Waals surface area contributed by atoms with Gasteiger partial charge in [-0.05, 0) is 19.2 Å². The minimum absolute atomic E-state index is 0.00681. The molecule has 1 heterocycles. The molecule has 1 aromatic rings. The van der Waals surface area contributed by atoms with Gasteiger partial charge in [0, 0.05) is 13.6 Å². The van der Waals surface area contributed by atoms with Gasteiger partial charge in [-0.3, -0.25) is 9.69 Å². The zero-order valence-electron chi connectivity index (χ0n) is 9.72. The number of hydrogen-bond acceptors (Lipinski definition) is 4. The number of aliphatic hydroxyl groups excluding tert-OH is 1. The van der Waals surface area contributed by atoms with Gasteiger partial charge in [-0.15, -0.1) is 0 Å². The maximum atomic E-state index is 11.7. The van der Waals surface area contributed by atoms with Gasteiger partial charge in [-0.1, -0.05) is 0 Å². The fourth-order valence-corrected chi connectivity index (χ4v) is 1.33. The minimum atomic E-state index is 0.00681. The number of likely N-dealkylation sites (N-methyl/N-ethyl adjacent to an activating group) is 2. The Morgan fingerprint density at radius 2 is 2.25 bits per heavy atom. The molecule has 0 aromatic carbocycles. The van der Waals surface area contributed by atoms with Gasteiger partial charge in [0.1, 0.15) is 5.76 Å². The van der Waals surface area contributed by atoms with Crippen LogP contribution < -0.4 is 0 Å². The Morgan fingerprint density at radius 3 is 2.81 bits per heavy atom. The van der Waals surface area contributed by atoms with E-state index in [9.17, 15) is 4.79 Å². The van der Waals surface area contributed by atoms with Crippen molar-refractivity contribution < 1.29 is 14.3 Å². The summed E-state index contributed by atoms with van der Waals surface area (Å²) in [6, 6.07) is 3.63. The summed E-state index contributed by atoms with van der Waals surface area (Å²) >= 11 is 0. The minimum Gasteiger partial charge on any atom is -0.467 e. The molecule has 5 nitrogen and oxygen atoms in total. The first-order valence-corrected chi connectivity index (χ1v) is 5.19. The van der Waals surface area contributed by atoms with E-state index in [-0.39, 0.29) is 12.5 Å². The fourth-order valence-electron chi connectivity index (χ4n) is 1.33. The lowest BCUT2D eigenvalue weighted by molar-refractivity contribution is -0.131. The molecule has 0 radical (unpaired) electrons. The summed E-state index contributed by atoms with van der Waals surface area (Å²) in [4.78, 5) is 15.1. The van der Waals surface area contributed by atoms with Crippen molar-refractivity contribution in [3.63, 3.8) is 0 Å². The van der Waals surface area contributed by atoms with E-state index in [1.54, 1.807) is 36.2 Å². The first-order valence-electron chi connectivity index (χ1n) is 5.19. The maximum Gasteiger partial charge on any atom is 0.236 e. The second-order valence-corrected chi connectivity index (χ2v) is 3.79. The molecule has 0 bridgehead atoms. The van der Waals surface area contributed by atoms with Gasteiger partial charge in [-0.2, -0.15) is 0 Å². The predicted molar refractivity (Wildman–Crippen MR) is 59.8 cm³/mol. The van der Waals surface area contributed by atoms with Crippen molar-refractivity contribution >= 4 is 5.91 Å². The van der Waals surface area contributed by atoms with Gasteiger partial charge in [-0.25, -0.2) is 0 Å². The van der Waals surface area contributed by atoms with Gasteiger partial charge in [0.15, 0.2) is 0 Å². The molecule has 0 aliphatic heterocycles. The lowest BCUT2D eigenvalue weighted by Crippen LogP contribution is -2.37. The normalized spacial score (nSPS) is 10.8. The number of nitrogens with zero attached hydrogens (tertiary/aromatic N) is 2. The van der Waals surface area contributed by atoms with E-state index in [4.69, 9.17) is 9.52 Å². The first kappa shape index (κ1) is 12.7. The SMILES string of the molecule is CN(CCO)CC(=O)N(C)Cc1ccco1. The summed E-state index contributed by atoms with van der Waals surface area (Å²) < 4.78 is 5.16. The van der Waals surface area contributed by atoms with Crippen LogP contribution in [0.2, 0.25) is 0 Å². The number of amides is 1. The van der Waals surface area contributed by atoms with Crippen molar-refractivity contribution in [2.45, 2.75) is 6.54 Å². The van der Waals surface area contributed by atoms with E-state index in [0.717, 1.165) is 5.76 Å². The highest BCUT2D eigenvalue weighted by atomic mass is 16.3. The number of carbonyl (C=O) groups excluding carboxylic acids is 1. The van der Waals surface area contributed by atoms with E-state index in [1.165, 1.54) is 0 Å². The van der Waals surface area contributed by atoms with Crippen LogP contribution in [0.5, 0.6) is 0 Å². The van der Waals surface area contributed by atoms with Crippen LogP contribution >= 0.6 is 0 Å². The molecular weight excluding hydrogens is 208 g/mol. The van der Waals surface area contributed by atoms with Crippen LogP contribution in [0, 0.1) is 0 Å². The molecule has 1 aromatic heterocycles. The van der Waals surface area contributed by atoms with Crippen LogP contribution in [0.3, 0.4) is 0 Å². The monoisotopic (exact) mass is 226 g/mol. The second kappa shape index (κ2) is 6.30.